The second-order valence-electron chi connectivity index (χ2n) is 8.26. The molecule has 0 saturated carbocycles. The van der Waals surface area contributed by atoms with Gasteiger partial charge in [-0.05, 0) is 86.9 Å². The van der Waals surface area contributed by atoms with Gasteiger partial charge in [0.2, 0.25) is 0 Å². The van der Waals surface area contributed by atoms with Gasteiger partial charge >= 0.3 is 0 Å². The molecule has 0 atom stereocenters. The van der Waals surface area contributed by atoms with Crippen LogP contribution in [-0.4, -0.2) is 27.5 Å². The largest absolute Gasteiger partial charge is 0.482 e. The molecule has 0 bridgehead atoms. The van der Waals surface area contributed by atoms with E-state index in [4.69, 9.17) is 4.74 Å². The fraction of sp³-hybridized carbons (Fsp3) is 0.231. The molecule has 0 fully saturated rings. The molecule has 7 heteroatoms. The van der Waals surface area contributed by atoms with Crippen LogP contribution in [0.5, 0.6) is 5.75 Å². The fourth-order valence-electron chi connectivity index (χ4n) is 4.14. The third-order valence-electron chi connectivity index (χ3n) is 5.77. The second-order valence-corrected chi connectivity index (χ2v) is 9.12. The zero-order chi connectivity index (χ0) is 23.9. The summed E-state index contributed by atoms with van der Waals surface area (Å²) >= 11 is 3.58. The minimum Gasteiger partial charge on any atom is -0.482 e. The summed E-state index contributed by atoms with van der Waals surface area (Å²) in [5.74, 6) is 0.208. The Balaban J connectivity index is 1.69. The maximum atomic E-state index is 12.6. The van der Waals surface area contributed by atoms with Gasteiger partial charge in [-0.15, -0.1) is 0 Å². The summed E-state index contributed by atoms with van der Waals surface area (Å²) < 4.78 is 10.4. The SMILES string of the molecule is CC(=O)c1c(C)n(-c2ccc(C)cc2)c2cc(Br)c(OCC(=O)Nn3c(C)ccc3C)cc12. The van der Waals surface area contributed by atoms with Gasteiger partial charge in [-0.3, -0.25) is 19.7 Å². The molecule has 0 saturated heterocycles. The van der Waals surface area contributed by atoms with E-state index >= 15 is 0 Å². The molecular formula is C26H26BrN3O3. The number of aryl methyl sites for hydroxylation is 3. The maximum Gasteiger partial charge on any atom is 0.276 e. The van der Waals surface area contributed by atoms with Gasteiger partial charge in [-0.25, -0.2) is 0 Å². The molecule has 0 radical (unpaired) electrons. The van der Waals surface area contributed by atoms with E-state index in [-0.39, 0.29) is 18.3 Å². The number of ketones is 1. The Labute approximate surface area is 201 Å². The molecule has 2 aromatic heterocycles. The van der Waals surface area contributed by atoms with Crippen LogP contribution in [0, 0.1) is 27.7 Å². The van der Waals surface area contributed by atoms with E-state index in [0.717, 1.165) is 33.7 Å². The average Bonchev–Trinajstić information content (AvgIpc) is 3.22. The first-order valence-electron chi connectivity index (χ1n) is 10.7. The number of hydrogen-bond acceptors (Lipinski definition) is 3. The van der Waals surface area contributed by atoms with Crippen LogP contribution in [0.3, 0.4) is 0 Å². The number of nitrogens with zero attached hydrogens (tertiary/aromatic N) is 2. The van der Waals surface area contributed by atoms with Gasteiger partial charge in [-0.1, -0.05) is 17.7 Å². The molecule has 0 unspecified atom stereocenters. The van der Waals surface area contributed by atoms with Crippen molar-refractivity contribution < 1.29 is 14.3 Å². The number of amides is 1. The molecule has 170 valence electrons. The lowest BCUT2D eigenvalue weighted by Gasteiger charge is -2.13. The average molecular weight is 508 g/mol. The minimum atomic E-state index is -0.274. The Hall–Kier alpha value is -3.32. The lowest BCUT2D eigenvalue weighted by molar-refractivity contribution is -0.119. The van der Waals surface area contributed by atoms with Gasteiger partial charge in [-0.2, -0.15) is 0 Å². The van der Waals surface area contributed by atoms with E-state index in [1.54, 1.807) is 11.6 Å². The fourth-order valence-corrected chi connectivity index (χ4v) is 4.59. The predicted molar refractivity (Wildman–Crippen MR) is 134 cm³/mol. The molecule has 0 spiro atoms. The van der Waals surface area contributed by atoms with E-state index in [9.17, 15) is 9.59 Å². The summed E-state index contributed by atoms with van der Waals surface area (Å²) in [6.45, 7) is 9.24. The predicted octanol–water partition coefficient (Wildman–Crippen LogP) is 5.78. The van der Waals surface area contributed by atoms with Gasteiger partial charge in [0.15, 0.2) is 12.4 Å². The second kappa shape index (κ2) is 8.90. The Bertz CT molecular complexity index is 1360. The number of halogens is 1. The summed E-state index contributed by atoms with van der Waals surface area (Å²) in [7, 11) is 0. The van der Waals surface area contributed by atoms with Crippen molar-refractivity contribution in [1.82, 2.24) is 9.24 Å². The van der Waals surface area contributed by atoms with Crippen LogP contribution >= 0.6 is 15.9 Å². The van der Waals surface area contributed by atoms with E-state index in [2.05, 4.69) is 25.9 Å². The van der Waals surface area contributed by atoms with Crippen LogP contribution in [0.2, 0.25) is 0 Å². The first kappa shape index (κ1) is 22.9. The Morgan fingerprint density at radius 2 is 1.61 bits per heavy atom. The van der Waals surface area contributed by atoms with Crippen LogP contribution in [0.25, 0.3) is 16.6 Å². The molecule has 0 aliphatic carbocycles. The van der Waals surface area contributed by atoms with Gasteiger partial charge in [0.05, 0.1) is 9.99 Å². The van der Waals surface area contributed by atoms with Crippen molar-refractivity contribution >= 4 is 38.5 Å². The molecule has 2 heterocycles. The number of aromatic nitrogens is 2. The summed E-state index contributed by atoms with van der Waals surface area (Å²) in [6, 6.07) is 15.8. The number of benzene rings is 2. The monoisotopic (exact) mass is 507 g/mol. The van der Waals surface area contributed by atoms with E-state index in [1.807, 2.05) is 76.2 Å². The zero-order valence-corrected chi connectivity index (χ0v) is 20.9. The number of nitrogens with one attached hydrogen (secondary N) is 1. The van der Waals surface area contributed by atoms with E-state index < -0.39 is 0 Å². The summed E-state index contributed by atoms with van der Waals surface area (Å²) in [5.41, 5.74) is 9.25. The van der Waals surface area contributed by atoms with Crippen LogP contribution in [0.15, 0.2) is 53.0 Å². The highest BCUT2D eigenvalue weighted by atomic mass is 79.9. The summed E-state index contributed by atoms with van der Waals surface area (Å²) in [4.78, 5) is 25.0. The van der Waals surface area contributed by atoms with Crippen LogP contribution in [-0.2, 0) is 4.79 Å². The lowest BCUT2D eigenvalue weighted by atomic mass is 10.1. The highest BCUT2D eigenvalue weighted by Gasteiger charge is 2.21. The molecule has 4 rings (SSSR count). The number of carbonyl (C=O) groups is 2. The third kappa shape index (κ3) is 4.33. The van der Waals surface area contributed by atoms with Crippen molar-refractivity contribution in [3.8, 4) is 11.4 Å². The van der Waals surface area contributed by atoms with Crippen molar-refractivity contribution in [3.63, 3.8) is 0 Å². The van der Waals surface area contributed by atoms with Crippen LogP contribution in [0.1, 0.15) is 39.9 Å². The van der Waals surface area contributed by atoms with Crippen molar-refractivity contribution in [2.45, 2.75) is 34.6 Å². The van der Waals surface area contributed by atoms with E-state index in [1.165, 1.54) is 5.56 Å². The molecule has 0 aliphatic rings. The zero-order valence-electron chi connectivity index (χ0n) is 19.3. The van der Waals surface area contributed by atoms with Crippen molar-refractivity contribution in [2.24, 2.45) is 0 Å². The quantitative estimate of drug-likeness (QED) is 0.336. The molecule has 1 N–H and O–H groups in total. The number of carbonyl (C=O) groups excluding carboxylic acids is 2. The normalized spacial score (nSPS) is 11.1. The van der Waals surface area contributed by atoms with Crippen molar-refractivity contribution in [2.75, 3.05) is 12.0 Å². The van der Waals surface area contributed by atoms with Crippen molar-refractivity contribution in [1.29, 1.82) is 0 Å². The molecule has 6 nitrogen and oxygen atoms in total. The van der Waals surface area contributed by atoms with E-state index in [0.29, 0.717) is 15.8 Å². The Kier molecular flexibility index (Phi) is 6.17. The van der Waals surface area contributed by atoms with Crippen molar-refractivity contribution in [3.05, 3.63) is 81.2 Å². The standard InChI is InChI=1S/C26H26BrN3O3/c1-15-6-10-20(11-7-15)29-18(4)26(19(5)31)21-12-24(22(27)13-23(21)29)33-14-25(32)28-30-16(2)8-9-17(30)3/h6-13H,14H2,1-5H3,(H,28,32). The maximum absolute atomic E-state index is 12.6. The number of hydrogen-bond donors (Lipinski definition) is 1. The van der Waals surface area contributed by atoms with Crippen LogP contribution < -0.4 is 10.2 Å². The van der Waals surface area contributed by atoms with Gasteiger partial charge < -0.3 is 9.30 Å². The number of rotatable bonds is 6. The highest BCUT2D eigenvalue weighted by Crippen LogP contribution is 2.37. The molecule has 0 aliphatic heterocycles. The molecular weight excluding hydrogens is 482 g/mol. The molecule has 4 aromatic rings. The Morgan fingerprint density at radius 3 is 2.21 bits per heavy atom. The van der Waals surface area contributed by atoms with Gasteiger partial charge in [0.25, 0.3) is 5.91 Å². The van der Waals surface area contributed by atoms with Crippen LogP contribution in [0.4, 0.5) is 0 Å². The van der Waals surface area contributed by atoms with Gasteiger partial charge in [0, 0.05) is 33.7 Å². The number of fused-ring (bicyclic) bond motifs is 1. The first-order valence-corrected chi connectivity index (χ1v) is 11.5. The summed E-state index contributed by atoms with van der Waals surface area (Å²) in [6.07, 6.45) is 0. The lowest BCUT2D eigenvalue weighted by Crippen LogP contribution is -2.29. The van der Waals surface area contributed by atoms with Gasteiger partial charge in [0.1, 0.15) is 5.75 Å². The highest BCUT2D eigenvalue weighted by molar-refractivity contribution is 9.10. The number of Topliss-reactive ketones (excluding diaryl/α,β-unsaturated/α-hetero) is 1. The number of ether oxygens (including phenoxy) is 1. The molecule has 2 aromatic carbocycles. The molecule has 33 heavy (non-hydrogen) atoms. The minimum absolute atomic E-state index is 0.0204. The summed E-state index contributed by atoms with van der Waals surface area (Å²) in [5, 5.41) is 0.788. The smallest absolute Gasteiger partial charge is 0.276 e. The topological polar surface area (TPSA) is 65.3 Å². The Morgan fingerprint density at radius 1 is 0.970 bits per heavy atom. The first-order chi connectivity index (χ1) is 15.7. The third-order valence-corrected chi connectivity index (χ3v) is 6.39. The molecule has 1 amide bonds.